The number of hydrogen-bond donors (Lipinski definition) is 2. The number of fused-ring (bicyclic) bond motifs is 1. The molecule has 1 aliphatic rings. The van der Waals surface area contributed by atoms with Crippen molar-refractivity contribution in [3.8, 4) is 11.5 Å². The van der Waals surface area contributed by atoms with E-state index in [2.05, 4.69) is 5.32 Å². The first kappa shape index (κ1) is 16.8. The number of benzene rings is 2. The molecule has 1 aliphatic heterocycles. The summed E-state index contributed by atoms with van der Waals surface area (Å²) in [5.41, 5.74) is 1.42. The number of ether oxygens (including phenoxy) is 2. The quantitative estimate of drug-likeness (QED) is 0.835. The van der Waals surface area contributed by atoms with Crippen molar-refractivity contribution < 1.29 is 28.6 Å². The Labute approximate surface area is 143 Å². The van der Waals surface area contributed by atoms with Gasteiger partial charge in [0.15, 0.2) is 24.3 Å². The summed E-state index contributed by atoms with van der Waals surface area (Å²) in [7, 11) is 0. The molecule has 0 aromatic heterocycles. The lowest BCUT2D eigenvalue weighted by atomic mass is 10.1. The van der Waals surface area contributed by atoms with Crippen molar-refractivity contribution in [3.05, 3.63) is 59.4 Å². The second kappa shape index (κ2) is 7.21. The normalized spacial score (nSPS) is 15.2. The molecule has 7 heteroatoms. The molecule has 0 fully saturated rings. The van der Waals surface area contributed by atoms with Crippen LogP contribution in [0.2, 0.25) is 0 Å². The van der Waals surface area contributed by atoms with Crippen LogP contribution in [0.15, 0.2) is 42.5 Å². The number of aliphatic carboxylic acids is 1. The lowest BCUT2D eigenvalue weighted by Gasteiger charge is -2.12. The van der Waals surface area contributed by atoms with Crippen molar-refractivity contribution in [1.29, 1.82) is 0 Å². The van der Waals surface area contributed by atoms with Crippen molar-refractivity contribution in [3.63, 3.8) is 0 Å². The number of carbonyl (C=O) groups excluding carboxylic acids is 1. The van der Waals surface area contributed by atoms with Gasteiger partial charge in [0, 0.05) is 18.5 Å². The van der Waals surface area contributed by atoms with Gasteiger partial charge in [0.25, 0.3) is 5.91 Å². The van der Waals surface area contributed by atoms with E-state index in [1.54, 1.807) is 36.4 Å². The highest BCUT2D eigenvalue weighted by Crippen LogP contribution is 2.31. The van der Waals surface area contributed by atoms with Gasteiger partial charge in [-0.25, -0.2) is 9.18 Å². The maximum atomic E-state index is 13.6. The first-order valence-corrected chi connectivity index (χ1v) is 7.68. The molecule has 0 bridgehead atoms. The minimum atomic E-state index is -1.07. The Morgan fingerprint density at radius 3 is 2.84 bits per heavy atom. The van der Waals surface area contributed by atoms with Crippen LogP contribution in [-0.2, 0) is 22.6 Å². The molecule has 0 aliphatic carbocycles. The number of carbonyl (C=O) groups is 2. The summed E-state index contributed by atoms with van der Waals surface area (Å²) in [6.45, 7) is -0.211. The van der Waals surface area contributed by atoms with Gasteiger partial charge in [-0.1, -0.05) is 24.3 Å². The standard InChI is InChI=1S/C18H16FNO5/c19-14-6-2-4-12-8-15(25-17(12)14)18(23)20-9-11-3-1-5-13(7-11)24-10-16(21)22/h1-7,15H,8-10H2,(H,20,23)(H,21,22)/t15-/m0/s1. The summed E-state index contributed by atoms with van der Waals surface area (Å²) in [6, 6.07) is 11.4. The smallest absolute Gasteiger partial charge is 0.341 e. The zero-order valence-corrected chi connectivity index (χ0v) is 13.2. The molecule has 0 radical (unpaired) electrons. The van der Waals surface area contributed by atoms with Crippen LogP contribution < -0.4 is 14.8 Å². The Morgan fingerprint density at radius 1 is 1.28 bits per heavy atom. The molecule has 2 aromatic carbocycles. The summed E-state index contributed by atoms with van der Waals surface area (Å²) in [6.07, 6.45) is -0.445. The zero-order valence-electron chi connectivity index (χ0n) is 13.2. The number of para-hydroxylation sites is 1. The Morgan fingerprint density at radius 2 is 2.08 bits per heavy atom. The zero-order chi connectivity index (χ0) is 17.8. The third-order valence-corrected chi connectivity index (χ3v) is 3.73. The molecular weight excluding hydrogens is 329 g/mol. The molecule has 0 saturated carbocycles. The summed E-state index contributed by atoms with van der Waals surface area (Å²) in [5.74, 6) is -1.35. The van der Waals surface area contributed by atoms with Crippen LogP contribution in [0.1, 0.15) is 11.1 Å². The lowest BCUT2D eigenvalue weighted by molar-refractivity contribution is -0.139. The minimum Gasteiger partial charge on any atom is -0.482 e. The molecule has 0 spiro atoms. The minimum absolute atomic E-state index is 0.131. The third kappa shape index (κ3) is 4.06. The number of amides is 1. The highest BCUT2D eigenvalue weighted by Gasteiger charge is 2.30. The molecule has 130 valence electrons. The molecule has 25 heavy (non-hydrogen) atoms. The van der Waals surface area contributed by atoms with Crippen LogP contribution in [0.25, 0.3) is 0 Å². The molecule has 1 atom stereocenters. The van der Waals surface area contributed by atoms with Gasteiger partial charge in [-0.2, -0.15) is 0 Å². The maximum Gasteiger partial charge on any atom is 0.341 e. The molecule has 0 unspecified atom stereocenters. The number of nitrogens with one attached hydrogen (secondary N) is 1. The first-order valence-electron chi connectivity index (χ1n) is 7.68. The number of halogens is 1. The molecule has 6 nitrogen and oxygen atoms in total. The molecule has 2 N–H and O–H groups in total. The fourth-order valence-electron chi connectivity index (χ4n) is 2.57. The maximum absolute atomic E-state index is 13.6. The topological polar surface area (TPSA) is 84.9 Å². The Balaban J connectivity index is 1.56. The highest BCUT2D eigenvalue weighted by atomic mass is 19.1. The summed E-state index contributed by atoms with van der Waals surface area (Å²) < 4.78 is 24.1. The van der Waals surface area contributed by atoms with Crippen LogP contribution in [-0.4, -0.2) is 29.7 Å². The fraction of sp³-hybridized carbons (Fsp3) is 0.222. The Kier molecular flexibility index (Phi) is 4.83. The highest BCUT2D eigenvalue weighted by molar-refractivity contribution is 5.82. The van der Waals surface area contributed by atoms with E-state index in [4.69, 9.17) is 14.6 Å². The number of carboxylic acid groups (broad SMARTS) is 1. The number of carboxylic acids is 1. The van der Waals surface area contributed by atoms with Gasteiger partial charge < -0.3 is 19.9 Å². The second-order valence-corrected chi connectivity index (χ2v) is 5.59. The lowest BCUT2D eigenvalue weighted by Crippen LogP contribution is -2.37. The van der Waals surface area contributed by atoms with Crippen LogP contribution >= 0.6 is 0 Å². The van der Waals surface area contributed by atoms with E-state index < -0.39 is 24.5 Å². The van der Waals surface area contributed by atoms with Gasteiger partial charge in [0.05, 0.1) is 0 Å². The summed E-state index contributed by atoms with van der Waals surface area (Å²) in [5, 5.41) is 11.3. The van der Waals surface area contributed by atoms with Crippen LogP contribution in [0.3, 0.4) is 0 Å². The van der Waals surface area contributed by atoms with E-state index >= 15 is 0 Å². The van der Waals surface area contributed by atoms with Gasteiger partial charge in [0.1, 0.15) is 5.75 Å². The average molecular weight is 345 g/mol. The molecular formula is C18H16FNO5. The van der Waals surface area contributed by atoms with Gasteiger partial charge in [-0.15, -0.1) is 0 Å². The number of hydrogen-bond acceptors (Lipinski definition) is 4. The molecule has 3 rings (SSSR count). The SMILES string of the molecule is O=C(O)COc1cccc(CNC(=O)[C@@H]2Cc3cccc(F)c3O2)c1. The molecule has 1 amide bonds. The van der Waals surface area contributed by atoms with Gasteiger partial charge in [0.2, 0.25) is 0 Å². The van der Waals surface area contributed by atoms with Crippen LogP contribution in [0.5, 0.6) is 11.5 Å². The molecule has 1 heterocycles. The molecule has 0 saturated heterocycles. The third-order valence-electron chi connectivity index (χ3n) is 3.73. The Bertz CT molecular complexity index is 808. The van der Waals surface area contributed by atoms with E-state index in [1.165, 1.54) is 6.07 Å². The second-order valence-electron chi connectivity index (χ2n) is 5.59. The summed E-state index contributed by atoms with van der Waals surface area (Å²) in [4.78, 5) is 22.7. The summed E-state index contributed by atoms with van der Waals surface area (Å²) >= 11 is 0. The van der Waals surface area contributed by atoms with Crippen molar-refractivity contribution in [2.75, 3.05) is 6.61 Å². The molecule has 2 aromatic rings. The fourth-order valence-corrected chi connectivity index (χ4v) is 2.57. The predicted molar refractivity (Wildman–Crippen MR) is 85.9 cm³/mol. The van der Waals surface area contributed by atoms with Gasteiger partial charge in [-0.3, -0.25) is 4.79 Å². The van der Waals surface area contributed by atoms with E-state index in [0.717, 1.165) is 5.56 Å². The largest absolute Gasteiger partial charge is 0.482 e. The number of rotatable bonds is 6. The van der Waals surface area contributed by atoms with E-state index in [0.29, 0.717) is 17.7 Å². The van der Waals surface area contributed by atoms with Gasteiger partial charge in [-0.05, 0) is 23.8 Å². The van der Waals surface area contributed by atoms with Crippen molar-refractivity contribution in [2.24, 2.45) is 0 Å². The van der Waals surface area contributed by atoms with E-state index in [-0.39, 0.29) is 18.2 Å². The monoisotopic (exact) mass is 345 g/mol. The Hall–Kier alpha value is -3.09. The van der Waals surface area contributed by atoms with Crippen molar-refractivity contribution in [2.45, 2.75) is 19.1 Å². The van der Waals surface area contributed by atoms with E-state index in [1.807, 2.05) is 0 Å². The van der Waals surface area contributed by atoms with Crippen LogP contribution in [0.4, 0.5) is 4.39 Å². The van der Waals surface area contributed by atoms with Crippen molar-refractivity contribution >= 4 is 11.9 Å². The van der Waals surface area contributed by atoms with E-state index in [9.17, 15) is 14.0 Å². The first-order chi connectivity index (χ1) is 12.0. The van der Waals surface area contributed by atoms with Crippen LogP contribution in [0, 0.1) is 5.82 Å². The average Bonchev–Trinajstić information content (AvgIpc) is 3.04. The predicted octanol–water partition coefficient (Wildman–Crippen LogP) is 1.91. The van der Waals surface area contributed by atoms with Crippen molar-refractivity contribution in [1.82, 2.24) is 5.32 Å². The van der Waals surface area contributed by atoms with Gasteiger partial charge >= 0.3 is 5.97 Å².